The number of nitriles is 1. The first-order valence-corrected chi connectivity index (χ1v) is 6.42. The Morgan fingerprint density at radius 3 is 2.75 bits per heavy atom. The Labute approximate surface area is 116 Å². The third-order valence-electron chi connectivity index (χ3n) is 3.47. The number of aromatic nitrogens is 1. The maximum Gasteiger partial charge on any atom is 0.123 e. The molecule has 0 unspecified atom stereocenters. The molecule has 0 spiro atoms. The summed E-state index contributed by atoms with van der Waals surface area (Å²) in [5.41, 5.74) is 3.74. The summed E-state index contributed by atoms with van der Waals surface area (Å²) in [6.07, 6.45) is 0. The van der Waals surface area contributed by atoms with Gasteiger partial charge >= 0.3 is 0 Å². The number of benzene rings is 2. The highest BCUT2D eigenvalue weighted by Crippen LogP contribution is 2.22. The molecular formula is C17H13FN2. The van der Waals surface area contributed by atoms with E-state index in [2.05, 4.69) is 16.7 Å². The van der Waals surface area contributed by atoms with Crippen LogP contribution in [-0.2, 0) is 6.54 Å². The molecule has 0 saturated carbocycles. The molecule has 0 bridgehead atoms. The van der Waals surface area contributed by atoms with Gasteiger partial charge in [0, 0.05) is 23.1 Å². The van der Waals surface area contributed by atoms with Gasteiger partial charge in [-0.3, -0.25) is 0 Å². The summed E-state index contributed by atoms with van der Waals surface area (Å²) in [4.78, 5) is 0. The molecule has 2 aromatic carbocycles. The van der Waals surface area contributed by atoms with Crippen molar-refractivity contribution in [3.8, 4) is 6.07 Å². The van der Waals surface area contributed by atoms with Crippen molar-refractivity contribution in [1.82, 2.24) is 4.57 Å². The van der Waals surface area contributed by atoms with Gasteiger partial charge in [0.15, 0.2) is 0 Å². The smallest absolute Gasteiger partial charge is 0.123 e. The summed E-state index contributed by atoms with van der Waals surface area (Å²) >= 11 is 0. The molecule has 0 atom stereocenters. The minimum Gasteiger partial charge on any atom is -0.340 e. The van der Waals surface area contributed by atoms with E-state index >= 15 is 0 Å². The average molecular weight is 264 g/mol. The van der Waals surface area contributed by atoms with Crippen LogP contribution in [0.2, 0.25) is 0 Å². The lowest BCUT2D eigenvalue weighted by molar-refractivity contribution is 0.623. The number of hydrogen-bond acceptors (Lipinski definition) is 1. The first-order chi connectivity index (χ1) is 9.67. The molecule has 3 heteroatoms. The lowest BCUT2D eigenvalue weighted by Gasteiger charge is -2.08. The predicted molar refractivity (Wildman–Crippen MR) is 76.9 cm³/mol. The zero-order valence-corrected chi connectivity index (χ0v) is 11.1. The number of fused-ring (bicyclic) bond motifs is 1. The third-order valence-corrected chi connectivity index (χ3v) is 3.47. The molecule has 2 nitrogen and oxygen atoms in total. The van der Waals surface area contributed by atoms with E-state index in [4.69, 9.17) is 5.26 Å². The molecule has 3 aromatic rings. The van der Waals surface area contributed by atoms with Crippen molar-refractivity contribution in [2.75, 3.05) is 0 Å². The van der Waals surface area contributed by atoms with Crippen molar-refractivity contribution in [3.63, 3.8) is 0 Å². The molecule has 98 valence electrons. The predicted octanol–water partition coefficient (Wildman–Crippen LogP) is 4.01. The second-order valence-corrected chi connectivity index (χ2v) is 4.89. The lowest BCUT2D eigenvalue weighted by Crippen LogP contribution is -2.01. The van der Waals surface area contributed by atoms with Gasteiger partial charge < -0.3 is 4.57 Å². The van der Waals surface area contributed by atoms with Crippen LogP contribution in [0.3, 0.4) is 0 Å². The van der Waals surface area contributed by atoms with E-state index in [0.29, 0.717) is 12.1 Å². The number of aryl methyl sites for hydroxylation is 1. The number of hydrogen-bond donors (Lipinski definition) is 0. The minimum atomic E-state index is -0.219. The third kappa shape index (κ3) is 2.17. The first-order valence-electron chi connectivity index (χ1n) is 6.42. The molecule has 0 radical (unpaired) electrons. The van der Waals surface area contributed by atoms with Crippen molar-refractivity contribution < 1.29 is 4.39 Å². The number of nitrogens with zero attached hydrogens (tertiary/aromatic N) is 2. The monoisotopic (exact) mass is 264 g/mol. The SMILES string of the molecule is Cc1cc2cc(C#N)ccc2n1Cc1cccc(F)c1. The van der Waals surface area contributed by atoms with Crippen LogP contribution in [0.1, 0.15) is 16.8 Å². The van der Waals surface area contributed by atoms with Crippen LogP contribution in [0.25, 0.3) is 10.9 Å². The Kier molecular flexibility index (Phi) is 3.00. The average Bonchev–Trinajstić information content (AvgIpc) is 2.74. The zero-order valence-electron chi connectivity index (χ0n) is 11.1. The largest absolute Gasteiger partial charge is 0.340 e. The highest BCUT2D eigenvalue weighted by Gasteiger charge is 2.07. The van der Waals surface area contributed by atoms with Crippen molar-refractivity contribution in [3.05, 3.63) is 71.2 Å². The van der Waals surface area contributed by atoms with Crippen molar-refractivity contribution in [2.24, 2.45) is 0 Å². The zero-order chi connectivity index (χ0) is 14.1. The molecule has 0 fully saturated rings. The van der Waals surface area contributed by atoms with Crippen molar-refractivity contribution in [1.29, 1.82) is 5.26 Å². The van der Waals surface area contributed by atoms with Crippen LogP contribution in [0.15, 0.2) is 48.5 Å². The summed E-state index contributed by atoms with van der Waals surface area (Å²) < 4.78 is 15.4. The number of rotatable bonds is 2. The molecule has 0 aliphatic rings. The quantitative estimate of drug-likeness (QED) is 0.687. The summed E-state index contributed by atoms with van der Waals surface area (Å²) in [6.45, 7) is 2.64. The second kappa shape index (κ2) is 4.82. The van der Waals surface area contributed by atoms with Crippen LogP contribution in [0, 0.1) is 24.1 Å². The molecular weight excluding hydrogens is 251 g/mol. The highest BCUT2D eigenvalue weighted by atomic mass is 19.1. The molecule has 20 heavy (non-hydrogen) atoms. The standard InChI is InChI=1S/C17H13FN2/c1-12-7-15-8-13(10-19)5-6-17(15)20(12)11-14-3-2-4-16(18)9-14/h2-9H,11H2,1H3. The molecule has 0 N–H and O–H groups in total. The summed E-state index contributed by atoms with van der Waals surface area (Å²) in [7, 11) is 0. The normalized spacial score (nSPS) is 10.7. The maximum atomic E-state index is 13.3. The molecule has 1 heterocycles. The molecule has 3 rings (SSSR count). The van der Waals surface area contributed by atoms with E-state index in [9.17, 15) is 4.39 Å². The van der Waals surface area contributed by atoms with Crippen molar-refractivity contribution >= 4 is 10.9 Å². The van der Waals surface area contributed by atoms with E-state index in [-0.39, 0.29) is 5.82 Å². The van der Waals surface area contributed by atoms with Crippen LogP contribution in [0.4, 0.5) is 4.39 Å². The van der Waals surface area contributed by atoms with Gasteiger partial charge in [-0.2, -0.15) is 5.26 Å². The van der Waals surface area contributed by atoms with Crippen LogP contribution < -0.4 is 0 Å². The van der Waals surface area contributed by atoms with Gasteiger partial charge in [-0.05, 0) is 48.9 Å². The fraction of sp³-hybridized carbons (Fsp3) is 0.118. The van der Waals surface area contributed by atoms with Gasteiger partial charge in [0.2, 0.25) is 0 Å². The maximum absolute atomic E-state index is 13.3. The van der Waals surface area contributed by atoms with E-state index in [1.807, 2.05) is 31.2 Å². The Hall–Kier alpha value is -2.60. The summed E-state index contributed by atoms with van der Waals surface area (Å²) in [5, 5.41) is 9.98. The molecule has 0 amide bonds. The van der Waals surface area contributed by atoms with Gasteiger partial charge in [-0.15, -0.1) is 0 Å². The van der Waals surface area contributed by atoms with Gasteiger partial charge in [-0.1, -0.05) is 12.1 Å². The fourth-order valence-electron chi connectivity index (χ4n) is 2.51. The molecule has 1 aromatic heterocycles. The Bertz CT molecular complexity index is 825. The van der Waals surface area contributed by atoms with Crippen molar-refractivity contribution in [2.45, 2.75) is 13.5 Å². The topological polar surface area (TPSA) is 28.7 Å². The Morgan fingerprint density at radius 1 is 1.15 bits per heavy atom. The first kappa shape index (κ1) is 12.4. The Morgan fingerprint density at radius 2 is 2.00 bits per heavy atom. The summed E-state index contributed by atoms with van der Waals surface area (Å²) in [6, 6.07) is 16.5. The van der Waals surface area contributed by atoms with Gasteiger partial charge in [-0.25, -0.2) is 4.39 Å². The van der Waals surface area contributed by atoms with Crippen LogP contribution in [0.5, 0.6) is 0 Å². The van der Waals surface area contributed by atoms with E-state index in [0.717, 1.165) is 22.2 Å². The van der Waals surface area contributed by atoms with E-state index < -0.39 is 0 Å². The lowest BCUT2D eigenvalue weighted by atomic mass is 10.1. The highest BCUT2D eigenvalue weighted by molar-refractivity contribution is 5.82. The minimum absolute atomic E-state index is 0.219. The second-order valence-electron chi connectivity index (χ2n) is 4.89. The summed E-state index contributed by atoms with van der Waals surface area (Å²) in [5.74, 6) is -0.219. The van der Waals surface area contributed by atoms with Gasteiger partial charge in [0.25, 0.3) is 0 Å². The van der Waals surface area contributed by atoms with Gasteiger partial charge in [0.1, 0.15) is 5.82 Å². The molecule has 0 aliphatic heterocycles. The Balaban J connectivity index is 2.08. The van der Waals surface area contributed by atoms with E-state index in [1.54, 1.807) is 12.1 Å². The van der Waals surface area contributed by atoms with Crippen LogP contribution >= 0.6 is 0 Å². The van der Waals surface area contributed by atoms with Gasteiger partial charge in [0.05, 0.1) is 11.6 Å². The molecule has 0 aliphatic carbocycles. The van der Waals surface area contributed by atoms with Crippen LogP contribution in [-0.4, -0.2) is 4.57 Å². The fourth-order valence-corrected chi connectivity index (χ4v) is 2.51. The molecule has 0 saturated heterocycles. The van der Waals surface area contributed by atoms with E-state index in [1.165, 1.54) is 6.07 Å². The number of halogens is 1.